The molecule has 0 saturated carbocycles. The van der Waals surface area contributed by atoms with E-state index in [0.29, 0.717) is 23.0 Å². The van der Waals surface area contributed by atoms with Crippen molar-refractivity contribution in [1.82, 2.24) is 19.6 Å². The molecule has 2 aromatic heterocycles. The minimum Gasteiger partial charge on any atom is -0.497 e. The quantitative estimate of drug-likeness (QED) is 0.441. The second kappa shape index (κ2) is 6.67. The molecule has 1 N–H and O–H groups in total. The first kappa shape index (κ1) is 15.8. The van der Waals surface area contributed by atoms with E-state index >= 15 is 0 Å². The Hall–Kier alpha value is -3.68. The van der Waals surface area contributed by atoms with Crippen LogP contribution in [0.1, 0.15) is 5.56 Å². The van der Waals surface area contributed by atoms with Gasteiger partial charge < -0.3 is 9.47 Å². The van der Waals surface area contributed by atoms with Gasteiger partial charge in [-0.1, -0.05) is 12.1 Å². The van der Waals surface area contributed by atoms with E-state index < -0.39 is 0 Å². The van der Waals surface area contributed by atoms with Gasteiger partial charge in [0.1, 0.15) is 17.8 Å². The number of rotatable bonds is 5. The van der Waals surface area contributed by atoms with E-state index in [4.69, 9.17) is 9.47 Å². The van der Waals surface area contributed by atoms with Crippen LogP contribution in [0.3, 0.4) is 0 Å². The van der Waals surface area contributed by atoms with Crippen molar-refractivity contribution in [2.75, 3.05) is 19.6 Å². The summed E-state index contributed by atoms with van der Waals surface area (Å²) in [6, 6.07) is 13.3. The van der Waals surface area contributed by atoms with Crippen molar-refractivity contribution in [2.45, 2.75) is 0 Å². The van der Waals surface area contributed by atoms with E-state index in [9.17, 15) is 0 Å². The van der Waals surface area contributed by atoms with Crippen LogP contribution in [-0.2, 0) is 0 Å². The molecule has 0 aliphatic heterocycles. The minimum absolute atomic E-state index is 0.518. The number of nitrogens with zero attached hydrogens (tertiary/aromatic N) is 5. The third kappa shape index (κ3) is 2.77. The highest BCUT2D eigenvalue weighted by molar-refractivity contribution is 5.86. The van der Waals surface area contributed by atoms with E-state index in [0.717, 1.165) is 16.6 Å². The van der Waals surface area contributed by atoms with Crippen LogP contribution in [0.25, 0.3) is 16.7 Å². The number of fused-ring (bicyclic) bond motifs is 3. The summed E-state index contributed by atoms with van der Waals surface area (Å²) in [5.41, 5.74) is 6.10. The minimum atomic E-state index is 0.518. The summed E-state index contributed by atoms with van der Waals surface area (Å²) in [5, 5.41) is 12.4. The monoisotopic (exact) mass is 348 g/mol. The second-order valence-electron chi connectivity index (χ2n) is 5.45. The molecule has 2 aromatic carbocycles. The second-order valence-corrected chi connectivity index (χ2v) is 5.45. The Morgan fingerprint density at radius 2 is 2.00 bits per heavy atom. The zero-order valence-corrected chi connectivity index (χ0v) is 14.2. The summed E-state index contributed by atoms with van der Waals surface area (Å²) in [7, 11) is 3.21. The Kier molecular flexibility index (Phi) is 4.06. The van der Waals surface area contributed by atoms with Crippen molar-refractivity contribution in [1.29, 1.82) is 0 Å². The molecule has 8 heteroatoms. The molecular formula is C18H16N6O2. The van der Waals surface area contributed by atoms with Crippen LogP contribution in [-0.4, -0.2) is 40.0 Å². The molecule has 0 atom stereocenters. The van der Waals surface area contributed by atoms with Gasteiger partial charge in [0.15, 0.2) is 5.82 Å². The number of para-hydroxylation sites is 2. The SMILES string of the molecule is COc1ccc(/C=N/Nc2nc3ccccc3n3cnnc23)c(OC)c1. The van der Waals surface area contributed by atoms with Crippen LogP contribution in [0.15, 0.2) is 53.9 Å². The smallest absolute Gasteiger partial charge is 0.205 e. The molecule has 4 rings (SSSR count). The maximum Gasteiger partial charge on any atom is 0.205 e. The van der Waals surface area contributed by atoms with Gasteiger partial charge in [-0.05, 0) is 24.3 Å². The number of hydrazone groups is 1. The van der Waals surface area contributed by atoms with Gasteiger partial charge in [0.2, 0.25) is 5.65 Å². The van der Waals surface area contributed by atoms with Crippen molar-refractivity contribution in [3.63, 3.8) is 0 Å². The number of aromatic nitrogens is 4. The highest BCUT2D eigenvalue weighted by Crippen LogP contribution is 2.23. The molecule has 26 heavy (non-hydrogen) atoms. The first-order valence-corrected chi connectivity index (χ1v) is 7.90. The maximum absolute atomic E-state index is 5.36. The topological polar surface area (TPSA) is 85.9 Å². The van der Waals surface area contributed by atoms with Gasteiger partial charge in [-0.15, -0.1) is 10.2 Å². The Morgan fingerprint density at radius 3 is 2.85 bits per heavy atom. The third-order valence-corrected chi connectivity index (χ3v) is 3.95. The van der Waals surface area contributed by atoms with Gasteiger partial charge in [-0.3, -0.25) is 9.83 Å². The Morgan fingerprint density at radius 1 is 1.12 bits per heavy atom. The molecule has 130 valence electrons. The van der Waals surface area contributed by atoms with Crippen molar-refractivity contribution >= 4 is 28.7 Å². The number of anilines is 1. The van der Waals surface area contributed by atoms with Crippen molar-refractivity contribution < 1.29 is 9.47 Å². The number of methoxy groups -OCH3 is 2. The largest absolute Gasteiger partial charge is 0.497 e. The molecule has 0 unspecified atom stereocenters. The van der Waals surface area contributed by atoms with Crippen LogP contribution in [0.4, 0.5) is 5.82 Å². The number of hydrogen-bond acceptors (Lipinski definition) is 7. The van der Waals surface area contributed by atoms with Crippen LogP contribution in [0.2, 0.25) is 0 Å². The first-order chi connectivity index (χ1) is 12.8. The van der Waals surface area contributed by atoms with Gasteiger partial charge in [0.25, 0.3) is 0 Å². The standard InChI is InChI=1S/C18H16N6O2/c1-25-13-8-7-12(16(9-13)26-2)10-19-22-17-18-23-20-11-24(18)15-6-4-3-5-14(15)21-17/h3-11H,1-2H3,(H,21,22)/b19-10+. The Balaban J connectivity index is 1.67. The summed E-state index contributed by atoms with van der Waals surface area (Å²) in [6.07, 6.45) is 3.31. The van der Waals surface area contributed by atoms with Crippen LogP contribution < -0.4 is 14.9 Å². The lowest BCUT2D eigenvalue weighted by Crippen LogP contribution is -2.00. The molecule has 0 aliphatic rings. The number of benzene rings is 2. The summed E-state index contributed by atoms with van der Waals surface area (Å²) < 4.78 is 12.4. The van der Waals surface area contributed by atoms with Crippen LogP contribution in [0.5, 0.6) is 11.5 Å². The highest BCUT2D eigenvalue weighted by atomic mass is 16.5. The van der Waals surface area contributed by atoms with E-state index in [1.165, 1.54) is 0 Å². The number of hydrogen-bond donors (Lipinski definition) is 1. The van der Waals surface area contributed by atoms with Crippen molar-refractivity contribution in [2.24, 2.45) is 5.10 Å². The van der Waals surface area contributed by atoms with Gasteiger partial charge in [-0.2, -0.15) is 5.10 Å². The predicted molar refractivity (Wildman–Crippen MR) is 99.1 cm³/mol. The van der Waals surface area contributed by atoms with Gasteiger partial charge in [0.05, 0.1) is 31.5 Å². The number of ether oxygens (including phenoxy) is 2. The van der Waals surface area contributed by atoms with Crippen molar-refractivity contribution in [3.05, 3.63) is 54.4 Å². The Labute approximate surface area is 149 Å². The average Bonchev–Trinajstić information content (AvgIpc) is 3.18. The van der Waals surface area contributed by atoms with Crippen LogP contribution in [0, 0.1) is 0 Å². The fraction of sp³-hybridized carbons (Fsp3) is 0.111. The average molecular weight is 348 g/mol. The zero-order chi connectivity index (χ0) is 17.9. The zero-order valence-electron chi connectivity index (χ0n) is 14.2. The maximum atomic E-state index is 5.36. The van der Waals surface area contributed by atoms with E-state index in [-0.39, 0.29) is 0 Å². The molecule has 0 fully saturated rings. The normalized spacial score (nSPS) is 11.3. The summed E-state index contributed by atoms with van der Waals surface area (Å²) in [4.78, 5) is 4.58. The third-order valence-electron chi connectivity index (χ3n) is 3.95. The Bertz CT molecular complexity index is 1110. The lowest BCUT2D eigenvalue weighted by atomic mass is 10.2. The van der Waals surface area contributed by atoms with E-state index in [2.05, 4.69) is 25.7 Å². The summed E-state index contributed by atoms with van der Waals surface area (Å²) in [6.45, 7) is 0. The summed E-state index contributed by atoms with van der Waals surface area (Å²) >= 11 is 0. The highest BCUT2D eigenvalue weighted by Gasteiger charge is 2.09. The fourth-order valence-corrected chi connectivity index (χ4v) is 2.67. The fourth-order valence-electron chi connectivity index (χ4n) is 2.67. The first-order valence-electron chi connectivity index (χ1n) is 7.90. The molecule has 0 amide bonds. The van der Waals surface area contributed by atoms with E-state index in [1.54, 1.807) is 32.8 Å². The van der Waals surface area contributed by atoms with E-state index in [1.807, 2.05) is 40.8 Å². The molecule has 0 spiro atoms. The molecular weight excluding hydrogens is 332 g/mol. The number of nitrogens with one attached hydrogen (secondary N) is 1. The van der Waals surface area contributed by atoms with Crippen molar-refractivity contribution in [3.8, 4) is 11.5 Å². The van der Waals surface area contributed by atoms with Gasteiger partial charge in [0, 0.05) is 11.6 Å². The molecule has 8 nitrogen and oxygen atoms in total. The van der Waals surface area contributed by atoms with Crippen LogP contribution >= 0.6 is 0 Å². The molecule has 0 bridgehead atoms. The lowest BCUT2D eigenvalue weighted by molar-refractivity contribution is 0.394. The van der Waals surface area contributed by atoms with Gasteiger partial charge >= 0.3 is 0 Å². The lowest BCUT2D eigenvalue weighted by Gasteiger charge is -2.07. The molecule has 4 aromatic rings. The molecule has 0 aliphatic carbocycles. The molecule has 2 heterocycles. The molecule has 0 saturated heterocycles. The van der Waals surface area contributed by atoms with Gasteiger partial charge in [-0.25, -0.2) is 4.98 Å². The summed E-state index contributed by atoms with van der Waals surface area (Å²) in [5.74, 6) is 1.90. The predicted octanol–water partition coefficient (Wildman–Crippen LogP) is 2.74. The molecule has 0 radical (unpaired) electrons.